The van der Waals surface area contributed by atoms with Gasteiger partial charge >= 0.3 is 0 Å². The van der Waals surface area contributed by atoms with Crippen molar-refractivity contribution in [1.82, 2.24) is 4.98 Å². The molecule has 1 aromatic rings. The monoisotopic (exact) mass is 233 g/mol. The highest BCUT2D eigenvalue weighted by molar-refractivity contribution is 5.91. The average molecular weight is 233 g/mol. The van der Waals surface area contributed by atoms with Gasteiger partial charge in [-0.25, -0.2) is 0 Å². The van der Waals surface area contributed by atoms with Gasteiger partial charge in [0.15, 0.2) is 0 Å². The average Bonchev–Trinajstić information content (AvgIpc) is 2.28. The molecule has 1 fully saturated rings. The maximum Gasteiger partial charge on any atom is 0.267 e. The van der Waals surface area contributed by atoms with Crippen LogP contribution in [0.1, 0.15) is 42.6 Å². The predicted octanol–water partition coefficient (Wildman–Crippen LogP) is 1.95. The van der Waals surface area contributed by atoms with E-state index in [0.29, 0.717) is 5.69 Å². The summed E-state index contributed by atoms with van der Waals surface area (Å²) in [5.41, 5.74) is 6.67. The van der Waals surface area contributed by atoms with Crippen molar-refractivity contribution in [2.75, 3.05) is 18.0 Å². The molecule has 4 nitrogen and oxygen atoms in total. The van der Waals surface area contributed by atoms with E-state index >= 15 is 0 Å². The van der Waals surface area contributed by atoms with E-state index in [2.05, 4.69) is 9.88 Å². The van der Waals surface area contributed by atoms with Crippen molar-refractivity contribution in [2.45, 2.75) is 32.1 Å². The lowest BCUT2D eigenvalue weighted by molar-refractivity contribution is 0.0995. The predicted molar refractivity (Wildman–Crippen MR) is 68.1 cm³/mol. The van der Waals surface area contributed by atoms with E-state index in [4.69, 9.17) is 5.73 Å². The molecule has 1 aromatic heterocycles. The molecule has 4 heteroatoms. The van der Waals surface area contributed by atoms with E-state index < -0.39 is 5.91 Å². The van der Waals surface area contributed by atoms with Gasteiger partial charge in [0.25, 0.3) is 5.91 Å². The summed E-state index contributed by atoms with van der Waals surface area (Å²) in [5.74, 6) is -0.459. The van der Waals surface area contributed by atoms with Crippen LogP contribution in [-0.4, -0.2) is 24.0 Å². The largest absolute Gasteiger partial charge is 0.371 e. The van der Waals surface area contributed by atoms with Crippen molar-refractivity contribution < 1.29 is 4.79 Å². The number of rotatable bonds is 2. The van der Waals surface area contributed by atoms with Crippen molar-refractivity contribution in [3.8, 4) is 0 Å². The summed E-state index contributed by atoms with van der Waals surface area (Å²) >= 11 is 0. The smallest absolute Gasteiger partial charge is 0.267 e. The summed E-state index contributed by atoms with van der Waals surface area (Å²) in [4.78, 5) is 17.4. The Kier molecular flexibility index (Phi) is 3.96. The Labute approximate surface area is 102 Å². The van der Waals surface area contributed by atoms with Crippen molar-refractivity contribution >= 4 is 11.6 Å². The standard InChI is InChI=1S/C13H19N3O/c14-13(17)12-10-11(6-7-15-12)16-8-4-2-1-3-5-9-16/h6-7,10H,1-5,8-9H2,(H2,14,17). The molecule has 0 atom stereocenters. The van der Waals surface area contributed by atoms with Gasteiger partial charge in [-0.1, -0.05) is 19.3 Å². The minimum atomic E-state index is -0.459. The second kappa shape index (κ2) is 5.66. The van der Waals surface area contributed by atoms with Crippen LogP contribution < -0.4 is 10.6 Å². The lowest BCUT2D eigenvalue weighted by Gasteiger charge is -2.26. The Morgan fingerprint density at radius 1 is 1.18 bits per heavy atom. The quantitative estimate of drug-likeness (QED) is 0.849. The second-order valence-corrected chi connectivity index (χ2v) is 4.52. The molecule has 2 rings (SSSR count). The van der Waals surface area contributed by atoms with Gasteiger partial charge in [0.1, 0.15) is 5.69 Å². The van der Waals surface area contributed by atoms with Crippen molar-refractivity contribution in [3.63, 3.8) is 0 Å². The van der Waals surface area contributed by atoms with Gasteiger partial charge < -0.3 is 10.6 Å². The highest BCUT2D eigenvalue weighted by Gasteiger charge is 2.11. The molecule has 92 valence electrons. The number of nitrogens with zero attached hydrogens (tertiary/aromatic N) is 2. The number of amides is 1. The van der Waals surface area contributed by atoms with Gasteiger partial charge in [-0.05, 0) is 25.0 Å². The third kappa shape index (κ3) is 3.19. The van der Waals surface area contributed by atoms with E-state index in [1.165, 1.54) is 32.1 Å². The molecular formula is C13H19N3O. The topological polar surface area (TPSA) is 59.2 Å². The summed E-state index contributed by atoms with van der Waals surface area (Å²) in [5, 5.41) is 0. The van der Waals surface area contributed by atoms with Crippen molar-refractivity contribution in [2.24, 2.45) is 5.73 Å². The Balaban J connectivity index is 2.13. The minimum Gasteiger partial charge on any atom is -0.371 e. The summed E-state index contributed by atoms with van der Waals surface area (Å²) in [6.07, 6.45) is 8.03. The fraction of sp³-hybridized carbons (Fsp3) is 0.538. The number of primary amides is 1. The van der Waals surface area contributed by atoms with E-state index in [-0.39, 0.29) is 0 Å². The fourth-order valence-corrected chi connectivity index (χ4v) is 2.26. The number of aromatic nitrogens is 1. The lowest BCUT2D eigenvalue weighted by Crippen LogP contribution is -2.27. The molecule has 1 amide bonds. The van der Waals surface area contributed by atoms with Gasteiger partial charge in [0.05, 0.1) is 0 Å². The first-order valence-corrected chi connectivity index (χ1v) is 6.28. The number of carbonyl (C=O) groups is 1. The molecular weight excluding hydrogens is 214 g/mol. The molecule has 0 unspecified atom stereocenters. The Morgan fingerprint density at radius 3 is 2.47 bits per heavy atom. The fourth-order valence-electron chi connectivity index (χ4n) is 2.26. The highest BCUT2D eigenvalue weighted by atomic mass is 16.1. The second-order valence-electron chi connectivity index (χ2n) is 4.52. The first-order chi connectivity index (χ1) is 8.27. The summed E-state index contributed by atoms with van der Waals surface area (Å²) in [6, 6.07) is 3.75. The normalized spacial score (nSPS) is 17.3. The maximum atomic E-state index is 11.1. The number of nitrogens with two attached hydrogens (primary N) is 1. The maximum absolute atomic E-state index is 11.1. The number of anilines is 1. The van der Waals surface area contributed by atoms with Gasteiger partial charge in [-0.2, -0.15) is 0 Å². The van der Waals surface area contributed by atoms with Crippen LogP contribution in [0.5, 0.6) is 0 Å². The number of hydrogen-bond acceptors (Lipinski definition) is 3. The Morgan fingerprint density at radius 2 is 1.82 bits per heavy atom. The molecule has 2 heterocycles. The first kappa shape index (κ1) is 11.9. The molecule has 1 aliphatic rings. The molecule has 2 N–H and O–H groups in total. The molecule has 0 aliphatic carbocycles. The summed E-state index contributed by atoms with van der Waals surface area (Å²) < 4.78 is 0. The minimum absolute atomic E-state index is 0.351. The molecule has 0 spiro atoms. The van der Waals surface area contributed by atoms with Crippen LogP contribution in [0.2, 0.25) is 0 Å². The lowest BCUT2D eigenvalue weighted by atomic mass is 10.1. The summed E-state index contributed by atoms with van der Waals surface area (Å²) in [7, 11) is 0. The van der Waals surface area contributed by atoms with Crippen LogP contribution in [0.15, 0.2) is 18.3 Å². The third-order valence-corrected chi connectivity index (χ3v) is 3.22. The molecule has 17 heavy (non-hydrogen) atoms. The van der Waals surface area contributed by atoms with Crippen molar-refractivity contribution in [3.05, 3.63) is 24.0 Å². The van der Waals surface area contributed by atoms with E-state index in [1.54, 1.807) is 12.3 Å². The van der Waals surface area contributed by atoms with Gasteiger partial charge in [-0.15, -0.1) is 0 Å². The van der Waals surface area contributed by atoms with Crippen LogP contribution in [-0.2, 0) is 0 Å². The Hall–Kier alpha value is -1.58. The van der Waals surface area contributed by atoms with Crippen LogP contribution >= 0.6 is 0 Å². The van der Waals surface area contributed by atoms with E-state index in [1.807, 2.05) is 6.07 Å². The van der Waals surface area contributed by atoms with Crippen LogP contribution in [0, 0.1) is 0 Å². The zero-order valence-corrected chi connectivity index (χ0v) is 10.1. The van der Waals surface area contributed by atoms with E-state index in [9.17, 15) is 4.79 Å². The molecule has 1 aliphatic heterocycles. The van der Waals surface area contributed by atoms with Crippen LogP contribution in [0.3, 0.4) is 0 Å². The molecule has 0 radical (unpaired) electrons. The molecule has 0 bridgehead atoms. The van der Waals surface area contributed by atoms with Crippen molar-refractivity contribution in [1.29, 1.82) is 0 Å². The third-order valence-electron chi connectivity index (χ3n) is 3.22. The first-order valence-electron chi connectivity index (χ1n) is 6.28. The molecule has 1 saturated heterocycles. The number of carbonyl (C=O) groups excluding carboxylic acids is 1. The summed E-state index contributed by atoms with van der Waals surface area (Å²) in [6.45, 7) is 2.12. The zero-order chi connectivity index (χ0) is 12.1. The number of hydrogen-bond donors (Lipinski definition) is 1. The van der Waals surface area contributed by atoms with Gasteiger partial charge in [-0.3, -0.25) is 9.78 Å². The number of pyridine rings is 1. The van der Waals surface area contributed by atoms with E-state index in [0.717, 1.165) is 18.8 Å². The van der Waals surface area contributed by atoms with Crippen LogP contribution in [0.4, 0.5) is 5.69 Å². The zero-order valence-electron chi connectivity index (χ0n) is 10.1. The molecule has 0 aromatic carbocycles. The van der Waals surface area contributed by atoms with Gasteiger partial charge in [0, 0.05) is 25.0 Å². The molecule has 0 saturated carbocycles. The highest BCUT2D eigenvalue weighted by Crippen LogP contribution is 2.19. The van der Waals surface area contributed by atoms with Crippen LogP contribution in [0.25, 0.3) is 0 Å². The Bertz CT molecular complexity index is 384. The SMILES string of the molecule is NC(=O)c1cc(N2CCCCCCC2)ccn1. The van der Waals surface area contributed by atoms with Gasteiger partial charge in [0.2, 0.25) is 0 Å².